The number of aliphatic carboxylic acids is 1. The molecule has 0 aromatic rings. The second-order valence-corrected chi connectivity index (χ2v) is 1.99. The molecule has 1 amide bonds. The number of methoxy groups -OCH3 is 1. The molecular formula is C8H16FNO4. The molecule has 0 rings (SSSR count). The summed E-state index contributed by atoms with van der Waals surface area (Å²) in [5, 5.41) is 10.2. The van der Waals surface area contributed by atoms with Crippen LogP contribution < -0.4 is 5.32 Å². The SMILES string of the molecule is CC.COC(F)C(=O)NCCC(=O)O. The van der Waals surface area contributed by atoms with E-state index in [4.69, 9.17) is 5.11 Å². The lowest BCUT2D eigenvalue weighted by Crippen LogP contribution is -2.34. The maximum absolute atomic E-state index is 12.3. The van der Waals surface area contributed by atoms with Gasteiger partial charge in [-0.25, -0.2) is 4.39 Å². The van der Waals surface area contributed by atoms with Gasteiger partial charge in [-0.1, -0.05) is 13.8 Å². The Bertz CT molecular complexity index is 175. The van der Waals surface area contributed by atoms with E-state index in [2.05, 4.69) is 4.74 Å². The number of carboxylic acids is 1. The van der Waals surface area contributed by atoms with E-state index in [-0.39, 0.29) is 13.0 Å². The summed E-state index contributed by atoms with van der Waals surface area (Å²) in [6.45, 7) is 3.90. The van der Waals surface area contributed by atoms with Crippen molar-refractivity contribution in [1.29, 1.82) is 0 Å². The van der Waals surface area contributed by atoms with Crippen molar-refractivity contribution in [1.82, 2.24) is 5.32 Å². The second kappa shape index (κ2) is 9.91. The summed E-state index contributed by atoms with van der Waals surface area (Å²) in [7, 11) is 1.04. The van der Waals surface area contributed by atoms with Crippen molar-refractivity contribution < 1.29 is 23.8 Å². The van der Waals surface area contributed by atoms with Crippen LogP contribution in [0.15, 0.2) is 0 Å². The molecule has 0 heterocycles. The first-order chi connectivity index (χ1) is 6.57. The number of amides is 1. The first-order valence-corrected chi connectivity index (χ1v) is 4.24. The molecule has 1 atom stereocenters. The fourth-order valence-electron chi connectivity index (χ4n) is 0.480. The first kappa shape index (κ1) is 15.3. The van der Waals surface area contributed by atoms with Crippen molar-refractivity contribution in [2.24, 2.45) is 0 Å². The lowest BCUT2D eigenvalue weighted by Gasteiger charge is -2.05. The van der Waals surface area contributed by atoms with Crippen LogP contribution in [0.4, 0.5) is 4.39 Å². The average Bonchev–Trinajstić information content (AvgIpc) is 2.19. The predicted octanol–water partition coefficient (Wildman–Crippen LogP) is 0.546. The molecule has 0 aliphatic heterocycles. The number of ether oxygens (including phenoxy) is 1. The van der Waals surface area contributed by atoms with Gasteiger partial charge < -0.3 is 15.2 Å². The number of hydrogen-bond donors (Lipinski definition) is 2. The number of rotatable bonds is 5. The van der Waals surface area contributed by atoms with Crippen LogP contribution in [-0.2, 0) is 14.3 Å². The Morgan fingerprint density at radius 2 is 2.00 bits per heavy atom. The minimum Gasteiger partial charge on any atom is -0.481 e. The maximum atomic E-state index is 12.3. The molecule has 14 heavy (non-hydrogen) atoms. The Labute approximate surface area is 82.2 Å². The highest BCUT2D eigenvalue weighted by molar-refractivity contribution is 5.79. The zero-order chi connectivity index (χ0) is 11.6. The number of alkyl halides is 1. The number of carboxylic acid groups (broad SMARTS) is 1. The third kappa shape index (κ3) is 8.92. The molecular weight excluding hydrogens is 193 g/mol. The van der Waals surface area contributed by atoms with Crippen LogP contribution in [0, 0.1) is 0 Å². The van der Waals surface area contributed by atoms with Crippen molar-refractivity contribution in [2.75, 3.05) is 13.7 Å². The molecule has 5 nitrogen and oxygen atoms in total. The minimum absolute atomic E-state index is 0.0993. The predicted molar refractivity (Wildman–Crippen MR) is 48.5 cm³/mol. The lowest BCUT2D eigenvalue weighted by atomic mass is 10.4. The van der Waals surface area contributed by atoms with E-state index < -0.39 is 18.2 Å². The summed E-state index contributed by atoms with van der Waals surface area (Å²) in [4.78, 5) is 20.5. The number of halogens is 1. The van der Waals surface area contributed by atoms with Crippen LogP contribution in [0.2, 0.25) is 0 Å². The largest absolute Gasteiger partial charge is 0.481 e. The molecule has 0 spiro atoms. The molecule has 2 N–H and O–H groups in total. The zero-order valence-corrected chi connectivity index (χ0v) is 8.54. The number of carbonyl (C=O) groups is 2. The number of carbonyl (C=O) groups excluding carboxylic acids is 1. The fourth-order valence-corrected chi connectivity index (χ4v) is 0.480. The van der Waals surface area contributed by atoms with Gasteiger partial charge in [-0.05, 0) is 0 Å². The van der Waals surface area contributed by atoms with Gasteiger partial charge in [0, 0.05) is 13.7 Å². The van der Waals surface area contributed by atoms with Crippen LogP contribution in [0.25, 0.3) is 0 Å². The highest BCUT2D eigenvalue weighted by Gasteiger charge is 2.14. The van der Waals surface area contributed by atoms with Crippen LogP contribution in [-0.4, -0.2) is 37.0 Å². The first-order valence-electron chi connectivity index (χ1n) is 4.24. The average molecular weight is 209 g/mol. The van der Waals surface area contributed by atoms with Crippen molar-refractivity contribution in [2.45, 2.75) is 26.6 Å². The topological polar surface area (TPSA) is 75.6 Å². The van der Waals surface area contributed by atoms with Gasteiger partial charge in [-0.2, -0.15) is 0 Å². The smallest absolute Gasteiger partial charge is 0.305 e. The van der Waals surface area contributed by atoms with E-state index in [0.717, 1.165) is 7.11 Å². The standard InChI is InChI=1S/C6H10FNO4.C2H6/c1-12-5(7)6(11)8-3-2-4(9)10;1-2/h5H,2-3H2,1H3,(H,8,11)(H,9,10);1-2H3. The van der Waals surface area contributed by atoms with E-state index in [0.29, 0.717) is 0 Å². The van der Waals surface area contributed by atoms with Crippen LogP contribution in [0.3, 0.4) is 0 Å². The Morgan fingerprint density at radius 3 is 2.36 bits per heavy atom. The molecule has 84 valence electrons. The number of hydrogen-bond acceptors (Lipinski definition) is 3. The Morgan fingerprint density at radius 1 is 1.50 bits per heavy atom. The molecule has 0 fully saturated rings. The van der Waals surface area contributed by atoms with Crippen LogP contribution in [0.1, 0.15) is 20.3 Å². The lowest BCUT2D eigenvalue weighted by molar-refractivity contribution is -0.141. The van der Waals surface area contributed by atoms with E-state index >= 15 is 0 Å². The van der Waals surface area contributed by atoms with E-state index in [9.17, 15) is 14.0 Å². The molecule has 0 saturated heterocycles. The second-order valence-electron chi connectivity index (χ2n) is 1.99. The van der Waals surface area contributed by atoms with Crippen molar-refractivity contribution in [3.63, 3.8) is 0 Å². The molecule has 0 radical (unpaired) electrons. The van der Waals surface area contributed by atoms with E-state index in [1.807, 2.05) is 19.2 Å². The normalized spacial score (nSPS) is 10.9. The molecule has 0 aromatic carbocycles. The number of nitrogens with one attached hydrogen (secondary N) is 1. The summed E-state index contributed by atoms with van der Waals surface area (Å²) < 4.78 is 16.3. The minimum atomic E-state index is -2.03. The van der Waals surface area contributed by atoms with Gasteiger partial charge >= 0.3 is 5.97 Å². The maximum Gasteiger partial charge on any atom is 0.305 e. The molecule has 6 heteroatoms. The Balaban J connectivity index is 0. The summed E-state index contributed by atoms with van der Waals surface area (Å²) >= 11 is 0. The van der Waals surface area contributed by atoms with Crippen LogP contribution >= 0.6 is 0 Å². The summed E-state index contributed by atoms with van der Waals surface area (Å²) in [5.41, 5.74) is 0. The van der Waals surface area contributed by atoms with Crippen molar-refractivity contribution >= 4 is 11.9 Å². The van der Waals surface area contributed by atoms with E-state index in [1.165, 1.54) is 0 Å². The van der Waals surface area contributed by atoms with Gasteiger partial charge in [-0.3, -0.25) is 9.59 Å². The molecule has 0 aliphatic carbocycles. The fraction of sp³-hybridized carbons (Fsp3) is 0.750. The Hall–Kier alpha value is -1.17. The molecule has 0 aliphatic rings. The quantitative estimate of drug-likeness (QED) is 0.693. The molecule has 0 aromatic heterocycles. The van der Waals surface area contributed by atoms with Gasteiger partial charge in [0.2, 0.25) is 0 Å². The van der Waals surface area contributed by atoms with Gasteiger partial charge in [0.05, 0.1) is 6.42 Å². The van der Waals surface area contributed by atoms with Crippen LogP contribution in [0.5, 0.6) is 0 Å². The monoisotopic (exact) mass is 209 g/mol. The third-order valence-corrected chi connectivity index (χ3v) is 1.05. The van der Waals surface area contributed by atoms with Gasteiger partial charge in [0.15, 0.2) is 0 Å². The summed E-state index contributed by atoms with van der Waals surface area (Å²) in [6.07, 6.45) is -2.26. The molecule has 0 saturated carbocycles. The highest BCUT2D eigenvalue weighted by atomic mass is 19.1. The van der Waals surface area contributed by atoms with Gasteiger partial charge in [0.1, 0.15) is 0 Å². The summed E-state index contributed by atoms with van der Waals surface area (Å²) in [6, 6.07) is 0. The third-order valence-electron chi connectivity index (χ3n) is 1.05. The van der Waals surface area contributed by atoms with Gasteiger partial charge in [0.25, 0.3) is 12.3 Å². The molecule has 1 unspecified atom stereocenters. The van der Waals surface area contributed by atoms with E-state index in [1.54, 1.807) is 0 Å². The highest BCUT2D eigenvalue weighted by Crippen LogP contribution is 1.90. The Kier molecular flexibility index (Phi) is 10.8. The van der Waals surface area contributed by atoms with Gasteiger partial charge in [-0.15, -0.1) is 0 Å². The molecule has 0 bridgehead atoms. The van der Waals surface area contributed by atoms with Crippen molar-refractivity contribution in [3.05, 3.63) is 0 Å². The van der Waals surface area contributed by atoms with Crippen molar-refractivity contribution in [3.8, 4) is 0 Å². The zero-order valence-electron chi connectivity index (χ0n) is 8.54. The summed E-state index contributed by atoms with van der Waals surface area (Å²) in [5.74, 6) is -2.01.